The number of fused-ring (bicyclic) bond motifs is 3. The maximum absolute atomic E-state index is 12.0. The summed E-state index contributed by atoms with van der Waals surface area (Å²) in [4.78, 5) is 12.0. The molecule has 0 radical (unpaired) electrons. The van der Waals surface area contributed by atoms with E-state index in [0.29, 0.717) is 0 Å². The fraction of sp³-hybridized carbons (Fsp3) is 0.389. The molecule has 0 atom stereocenters. The van der Waals surface area contributed by atoms with Gasteiger partial charge < -0.3 is 10.4 Å². The lowest BCUT2D eigenvalue weighted by Gasteiger charge is -2.24. The lowest BCUT2D eigenvalue weighted by Crippen LogP contribution is -2.29. The standard InChI is InChI=1S/C18H22N2O2/c1-11(2)13-9-19-10-18(3,4)15-12-7-5-6-8-14(12)20(16(13)15)17(21)22/h5-9,11,19H,10H2,1-4H3,(H,21,22). The van der Waals surface area contributed by atoms with Gasteiger partial charge in [0.2, 0.25) is 0 Å². The molecule has 0 saturated carbocycles. The largest absolute Gasteiger partial charge is 0.464 e. The summed E-state index contributed by atoms with van der Waals surface area (Å²) in [6.45, 7) is 9.30. The van der Waals surface area contributed by atoms with E-state index < -0.39 is 6.09 Å². The number of para-hydroxylation sites is 1. The minimum Gasteiger partial charge on any atom is -0.464 e. The smallest absolute Gasteiger partial charge is 0.416 e. The molecule has 0 saturated heterocycles. The van der Waals surface area contributed by atoms with Crippen molar-refractivity contribution in [3.63, 3.8) is 0 Å². The first-order valence-electron chi connectivity index (χ1n) is 7.65. The van der Waals surface area contributed by atoms with Crippen molar-refractivity contribution in [3.8, 4) is 0 Å². The van der Waals surface area contributed by atoms with Gasteiger partial charge in [-0.1, -0.05) is 45.9 Å². The molecule has 0 aliphatic carbocycles. The van der Waals surface area contributed by atoms with Crippen LogP contribution in [0.15, 0.2) is 30.5 Å². The normalized spacial score (nSPS) is 16.9. The van der Waals surface area contributed by atoms with E-state index in [4.69, 9.17) is 0 Å². The molecule has 2 heterocycles. The minimum absolute atomic E-state index is 0.150. The maximum Gasteiger partial charge on any atom is 0.416 e. The summed E-state index contributed by atoms with van der Waals surface area (Å²) in [5.41, 5.74) is 3.61. The Kier molecular flexibility index (Phi) is 3.28. The Balaban J connectivity index is 2.51. The zero-order valence-corrected chi connectivity index (χ0v) is 13.5. The van der Waals surface area contributed by atoms with Crippen LogP contribution in [0.2, 0.25) is 0 Å². The highest BCUT2D eigenvalue weighted by molar-refractivity contribution is 5.98. The van der Waals surface area contributed by atoms with Gasteiger partial charge in [-0.05, 0) is 23.1 Å². The molecular formula is C18H22N2O2. The van der Waals surface area contributed by atoms with Gasteiger partial charge in [-0.15, -0.1) is 0 Å². The van der Waals surface area contributed by atoms with E-state index in [2.05, 4.69) is 33.0 Å². The van der Waals surface area contributed by atoms with Gasteiger partial charge in [-0.3, -0.25) is 0 Å². The van der Waals surface area contributed by atoms with E-state index in [0.717, 1.165) is 34.3 Å². The van der Waals surface area contributed by atoms with Crippen molar-refractivity contribution in [1.29, 1.82) is 0 Å². The van der Waals surface area contributed by atoms with Gasteiger partial charge >= 0.3 is 6.09 Å². The zero-order valence-electron chi connectivity index (χ0n) is 13.5. The molecule has 0 fully saturated rings. The highest BCUT2D eigenvalue weighted by Crippen LogP contribution is 2.41. The van der Waals surface area contributed by atoms with Crippen LogP contribution in [0.25, 0.3) is 16.5 Å². The monoisotopic (exact) mass is 298 g/mol. The van der Waals surface area contributed by atoms with Crippen molar-refractivity contribution < 1.29 is 9.90 Å². The number of rotatable bonds is 1. The molecule has 0 unspecified atom stereocenters. The Morgan fingerprint density at radius 3 is 2.64 bits per heavy atom. The van der Waals surface area contributed by atoms with Crippen LogP contribution in [0.4, 0.5) is 4.79 Å². The zero-order chi connectivity index (χ0) is 16.1. The lowest BCUT2D eigenvalue weighted by molar-refractivity contribution is 0.197. The SMILES string of the molecule is CC(C)C1=CNCC(C)(C)c2c1n(C(=O)O)c1ccccc21. The van der Waals surface area contributed by atoms with Crippen LogP contribution in [-0.2, 0) is 5.41 Å². The highest BCUT2D eigenvalue weighted by Gasteiger charge is 2.34. The van der Waals surface area contributed by atoms with Crippen LogP contribution in [0.5, 0.6) is 0 Å². The van der Waals surface area contributed by atoms with E-state index in [9.17, 15) is 9.90 Å². The van der Waals surface area contributed by atoms with Gasteiger partial charge in [0.05, 0.1) is 11.2 Å². The first-order valence-corrected chi connectivity index (χ1v) is 7.65. The molecule has 0 spiro atoms. The van der Waals surface area contributed by atoms with Gasteiger partial charge in [0, 0.05) is 23.5 Å². The van der Waals surface area contributed by atoms with Crippen LogP contribution >= 0.6 is 0 Å². The van der Waals surface area contributed by atoms with E-state index in [1.54, 1.807) is 0 Å². The van der Waals surface area contributed by atoms with Crippen LogP contribution < -0.4 is 5.32 Å². The molecule has 1 aromatic carbocycles. The van der Waals surface area contributed by atoms with Gasteiger partial charge in [0.15, 0.2) is 0 Å². The summed E-state index contributed by atoms with van der Waals surface area (Å²) in [5.74, 6) is 0.238. The van der Waals surface area contributed by atoms with Crippen molar-refractivity contribution >= 4 is 22.6 Å². The fourth-order valence-electron chi connectivity index (χ4n) is 3.41. The van der Waals surface area contributed by atoms with Crippen molar-refractivity contribution in [2.24, 2.45) is 5.92 Å². The Bertz CT molecular complexity index is 782. The maximum atomic E-state index is 12.0. The van der Waals surface area contributed by atoms with Gasteiger partial charge in [-0.25, -0.2) is 9.36 Å². The van der Waals surface area contributed by atoms with E-state index in [1.165, 1.54) is 4.57 Å². The first-order chi connectivity index (χ1) is 10.3. The summed E-state index contributed by atoms with van der Waals surface area (Å²) < 4.78 is 1.45. The molecule has 0 bridgehead atoms. The number of benzene rings is 1. The molecule has 22 heavy (non-hydrogen) atoms. The average Bonchev–Trinajstić information content (AvgIpc) is 2.71. The van der Waals surface area contributed by atoms with Gasteiger partial charge in [0.1, 0.15) is 0 Å². The van der Waals surface area contributed by atoms with Crippen molar-refractivity contribution in [1.82, 2.24) is 9.88 Å². The lowest BCUT2D eigenvalue weighted by atomic mass is 9.81. The van der Waals surface area contributed by atoms with E-state index in [1.807, 2.05) is 30.5 Å². The summed E-state index contributed by atoms with van der Waals surface area (Å²) in [5, 5.41) is 14.2. The summed E-state index contributed by atoms with van der Waals surface area (Å²) in [6, 6.07) is 7.78. The second kappa shape index (κ2) is 4.90. The predicted octanol–water partition coefficient (Wildman–Crippen LogP) is 4.05. The molecular weight excluding hydrogens is 276 g/mol. The number of hydrogen-bond acceptors (Lipinski definition) is 2. The summed E-state index contributed by atoms with van der Waals surface area (Å²) in [6.07, 6.45) is 1.05. The fourth-order valence-corrected chi connectivity index (χ4v) is 3.41. The minimum atomic E-state index is -0.929. The molecule has 1 aromatic heterocycles. The average molecular weight is 298 g/mol. The van der Waals surface area contributed by atoms with E-state index >= 15 is 0 Å². The third kappa shape index (κ3) is 2.02. The Hall–Kier alpha value is -2.23. The molecule has 2 N–H and O–H groups in total. The molecule has 4 nitrogen and oxygen atoms in total. The number of hydrogen-bond donors (Lipinski definition) is 2. The van der Waals surface area contributed by atoms with Crippen LogP contribution in [0.1, 0.15) is 39.0 Å². The number of allylic oxidation sites excluding steroid dienone is 1. The van der Waals surface area contributed by atoms with Gasteiger partial charge in [0.25, 0.3) is 0 Å². The van der Waals surface area contributed by atoms with Crippen LogP contribution in [0.3, 0.4) is 0 Å². The van der Waals surface area contributed by atoms with Crippen molar-refractivity contribution in [2.75, 3.05) is 6.54 Å². The highest BCUT2D eigenvalue weighted by atomic mass is 16.4. The first kappa shape index (κ1) is 14.7. The Morgan fingerprint density at radius 1 is 1.32 bits per heavy atom. The topological polar surface area (TPSA) is 54.3 Å². The van der Waals surface area contributed by atoms with Crippen molar-refractivity contribution in [3.05, 3.63) is 41.7 Å². The second-order valence-corrected chi connectivity index (χ2v) is 6.88. The van der Waals surface area contributed by atoms with E-state index in [-0.39, 0.29) is 11.3 Å². The third-order valence-corrected chi connectivity index (χ3v) is 4.44. The Labute approximate surface area is 130 Å². The molecule has 1 aliphatic heterocycles. The number of carboxylic acid groups (broad SMARTS) is 1. The van der Waals surface area contributed by atoms with Crippen molar-refractivity contribution in [2.45, 2.75) is 33.1 Å². The molecule has 1 aliphatic rings. The number of nitrogens with zero attached hydrogens (tertiary/aromatic N) is 1. The molecule has 4 heteroatoms. The summed E-state index contributed by atoms with van der Waals surface area (Å²) in [7, 11) is 0. The number of nitrogens with one attached hydrogen (secondary N) is 1. The quantitative estimate of drug-likeness (QED) is 0.835. The molecule has 3 rings (SSSR count). The third-order valence-electron chi connectivity index (χ3n) is 4.44. The predicted molar refractivity (Wildman–Crippen MR) is 89.2 cm³/mol. The second-order valence-electron chi connectivity index (χ2n) is 6.88. The Morgan fingerprint density at radius 2 is 2.00 bits per heavy atom. The van der Waals surface area contributed by atoms with Crippen LogP contribution in [-0.4, -0.2) is 22.3 Å². The molecule has 116 valence electrons. The van der Waals surface area contributed by atoms with Crippen LogP contribution in [0, 0.1) is 5.92 Å². The number of aromatic nitrogens is 1. The molecule has 0 amide bonds. The summed E-state index contributed by atoms with van der Waals surface area (Å²) >= 11 is 0. The van der Waals surface area contributed by atoms with Gasteiger partial charge in [-0.2, -0.15) is 0 Å². The number of carbonyl (C=O) groups is 1. The molecule has 2 aromatic rings.